The van der Waals surface area contributed by atoms with Gasteiger partial charge in [0.25, 0.3) is 0 Å². The fourth-order valence-electron chi connectivity index (χ4n) is 3.82. The van der Waals surface area contributed by atoms with E-state index in [1.165, 1.54) is 31.3 Å². The maximum absolute atomic E-state index is 13.8. The van der Waals surface area contributed by atoms with E-state index in [9.17, 15) is 18.0 Å². The lowest BCUT2D eigenvalue weighted by Gasteiger charge is -2.35. The largest absolute Gasteiger partial charge is 0.493 e. The number of halogens is 2. The van der Waals surface area contributed by atoms with Crippen molar-refractivity contribution in [1.82, 2.24) is 10.2 Å². The minimum absolute atomic E-state index is 0.100. The molecule has 1 N–H and O–H groups in total. The number of hydrogen-bond donors (Lipinski definition) is 1. The predicted molar refractivity (Wildman–Crippen MR) is 151 cm³/mol. The van der Waals surface area contributed by atoms with Crippen molar-refractivity contribution in [1.29, 1.82) is 0 Å². The van der Waals surface area contributed by atoms with Crippen LogP contribution in [-0.2, 0) is 26.2 Å². The minimum atomic E-state index is -3.92. The zero-order valence-corrected chi connectivity index (χ0v) is 25.0. The van der Waals surface area contributed by atoms with Gasteiger partial charge in [0.05, 0.1) is 26.2 Å². The van der Waals surface area contributed by atoms with E-state index in [0.29, 0.717) is 27.1 Å². The Morgan fingerprint density at radius 3 is 2.08 bits per heavy atom. The van der Waals surface area contributed by atoms with Crippen molar-refractivity contribution >= 4 is 50.7 Å². The highest BCUT2D eigenvalue weighted by Gasteiger charge is 2.34. The molecule has 0 fully saturated rings. The Kier molecular flexibility index (Phi) is 10.7. The first-order valence-electron chi connectivity index (χ1n) is 11.9. The van der Waals surface area contributed by atoms with Crippen molar-refractivity contribution in [3.8, 4) is 11.5 Å². The molecule has 0 saturated heterocycles. The molecule has 0 aliphatic carbocycles. The number of rotatable bonds is 11. The average molecular weight is 589 g/mol. The molecule has 0 bridgehead atoms. The van der Waals surface area contributed by atoms with Gasteiger partial charge in [0, 0.05) is 33.8 Å². The van der Waals surface area contributed by atoms with Gasteiger partial charge in [-0.15, -0.1) is 0 Å². The van der Waals surface area contributed by atoms with Gasteiger partial charge in [-0.1, -0.05) is 36.2 Å². The van der Waals surface area contributed by atoms with Crippen LogP contribution in [-0.4, -0.2) is 63.7 Å². The molecule has 12 heteroatoms. The van der Waals surface area contributed by atoms with Crippen molar-refractivity contribution in [3.05, 3.63) is 52.0 Å². The summed E-state index contributed by atoms with van der Waals surface area (Å²) in [5.74, 6) is -0.302. The second-order valence-electron chi connectivity index (χ2n) is 9.69. The average Bonchev–Trinajstić information content (AvgIpc) is 2.81. The van der Waals surface area contributed by atoms with Crippen LogP contribution in [0.3, 0.4) is 0 Å². The quantitative estimate of drug-likeness (QED) is 0.415. The standard InChI is InChI=1S/C26H35Cl2N3O6S/c1-8-21(25(33)29-26(2,3)4)30(15-18-19(27)10-9-11-20(18)28)24(32)16-31(38(7,34)35)17-12-13-22(36-5)23(14-17)37-6/h9-14,21H,8,15-16H2,1-7H3,(H,29,33)/t21-/m1/s1. The van der Waals surface area contributed by atoms with E-state index in [0.717, 1.165) is 10.6 Å². The van der Waals surface area contributed by atoms with E-state index in [2.05, 4.69) is 5.32 Å². The van der Waals surface area contributed by atoms with Crippen LogP contribution in [0.1, 0.15) is 39.7 Å². The number of amides is 2. The number of carbonyl (C=O) groups is 2. The van der Waals surface area contributed by atoms with Gasteiger partial charge in [0.15, 0.2) is 11.5 Å². The van der Waals surface area contributed by atoms with Crippen molar-refractivity contribution in [3.63, 3.8) is 0 Å². The van der Waals surface area contributed by atoms with Crippen LogP contribution < -0.4 is 19.1 Å². The molecule has 2 aromatic carbocycles. The number of methoxy groups -OCH3 is 2. The third-order valence-electron chi connectivity index (χ3n) is 5.61. The van der Waals surface area contributed by atoms with Crippen molar-refractivity contribution in [2.45, 2.75) is 52.2 Å². The van der Waals surface area contributed by atoms with Crippen molar-refractivity contribution in [2.75, 3.05) is 31.3 Å². The highest BCUT2D eigenvalue weighted by atomic mass is 35.5. The molecule has 38 heavy (non-hydrogen) atoms. The van der Waals surface area contributed by atoms with Crippen LogP contribution in [0.4, 0.5) is 5.69 Å². The summed E-state index contributed by atoms with van der Waals surface area (Å²) in [6.07, 6.45) is 1.26. The zero-order valence-electron chi connectivity index (χ0n) is 22.7. The Bertz CT molecular complexity index is 1240. The molecule has 0 radical (unpaired) electrons. The fraction of sp³-hybridized carbons (Fsp3) is 0.462. The molecular formula is C26H35Cl2N3O6S. The van der Waals surface area contributed by atoms with Crippen molar-refractivity contribution < 1.29 is 27.5 Å². The summed E-state index contributed by atoms with van der Waals surface area (Å²) in [4.78, 5) is 28.4. The van der Waals surface area contributed by atoms with Crippen LogP contribution in [0.5, 0.6) is 11.5 Å². The van der Waals surface area contributed by atoms with E-state index in [4.69, 9.17) is 32.7 Å². The topological polar surface area (TPSA) is 105 Å². The number of nitrogens with zero attached hydrogens (tertiary/aromatic N) is 2. The highest BCUT2D eigenvalue weighted by Crippen LogP contribution is 2.33. The first-order valence-corrected chi connectivity index (χ1v) is 14.5. The number of nitrogens with one attached hydrogen (secondary N) is 1. The number of anilines is 1. The lowest BCUT2D eigenvalue weighted by Crippen LogP contribution is -2.55. The maximum atomic E-state index is 13.8. The molecule has 2 rings (SSSR count). The van der Waals surface area contributed by atoms with Gasteiger partial charge in [0.2, 0.25) is 21.8 Å². The van der Waals surface area contributed by atoms with Crippen molar-refractivity contribution in [2.24, 2.45) is 0 Å². The van der Waals surface area contributed by atoms with E-state index in [-0.39, 0.29) is 24.6 Å². The van der Waals surface area contributed by atoms with Crippen LogP contribution >= 0.6 is 23.2 Å². The van der Waals surface area contributed by atoms with Gasteiger partial charge in [-0.05, 0) is 51.5 Å². The van der Waals surface area contributed by atoms with Gasteiger partial charge in [0.1, 0.15) is 12.6 Å². The molecule has 9 nitrogen and oxygen atoms in total. The van der Waals surface area contributed by atoms with Gasteiger partial charge >= 0.3 is 0 Å². The monoisotopic (exact) mass is 587 g/mol. The van der Waals surface area contributed by atoms with Gasteiger partial charge < -0.3 is 19.7 Å². The van der Waals surface area contributed by atoms with Crippen LogP contribution in [0.15, 0.2) is 36.4 Å². The second kappa shape index (κ2) is 12.9. The summed E-state index contributed by atoms with van der Waals surface area (Å²) in [5, 5.41) is 3.54. The van der Waals surface area contributed by atoms with E-state index in [1.807, 2.05) is 20.8 Å². The summed E-state index contributed by atoms with van der Waals surface area (Å²) in [6, 6.07) is 8.54. The smallest absolute Gasteiger partial charge is 0.244 e. The Labute approximate surface area is 235 Å². The Hall–Kier alpha value is -2.69. The lowest BCUT2D eigenvalue weighted by atomic mass is 10.1. The van der Waals surface area contributed by atoms with E-state index in [1.54, 1.807) is 31.2 Å². The van der Waals surface area contributed by atoms with Crippen LogP contribution in [0, 0.1) is 0 Å². The normalized spacial score (nSPS) is 12.4. The minimum Gasteiger partial charge on any atom is -0.493 e. The molecular weight excluding hydrogens is 553 g/mol. The second-order valence-corrected chi connectivity index (χ2v) is 12.4. The molecule has 0 aromatic heterocycles. The molecule has 0 spiro atoms. The summed E-state index contributed by atoms with van der Waals surface area (Å²) in [7, 11) is -1.04. The maximum Gasteiger partial charge on any atom is 0.244 e. The molecule has 2 aromatic rings. The highest BCUT2D eigenvalue weighted by molar-refractivity contribution is 7.92. The Morgan fingerprint density at radius 1 is 1.03 bits per heavy atom. The fourth-order valence-corrected chi connectivity index (χ4v) is 5.18. The lowest BCUT2D eigenvalue weighted by molar-refractivity contribution is -0.141. The number of benzene rings is 2. The zero-order chi connectivity index (χ0) is 28.8. The van der Waals surface area contributed by atoms with E-state index >= 15 is 0 Å². The molecule has 0 aliphatic heterocycles. The number of carbonyl (C=O) groups excluding carboxylic acids is 2. The first-order chi connectivity index (χ1) is 17.6. The molecule has 0 saturated carbocycles. The molecule has 2 amide bonds. The van der Waals surface area contributed by atoms with Gasteiger partial charge in [-0.3, -0.25) is 13.9 Å². The molecule has 0 aliphatic rings. The SMILES string of the molecule is CC[C@H](C(=O)NC(C)(C)C)N(Cc1c(Cl)cccc1Cl)C(=O)CN(c1ccc(OC)c(OC)c1)S(C)(=O)=O. The summed E-state index contributed by atoms with van der Waals surface area (Å²) >= 11 is 12.8. The summed E-state index contributed by atoms with van der Waals surface area (Å²) in [5.41, 5.74) is 0.0873. The van der Waals surface area contributed by atoms with Gasteiger partial charge in [-0.2, -0.15) is 0 Å². The van der Waals surface area contributed by atoms with Crippen LogP contribution in [0.2, 0.25) is 10.0 Å². The van der Waals surface area contributed by atoms with Crippen LogP contribution in [0.25, 0.3) is 0 Å². The Balaban J connectivity index is 2.57. The molecule has 1 atom stereocenters. The third-order valence-corrected chi connectivity index (χ3v) is 7.46. The summed E-state index contributed by atoms with van der Waals surface area (Å²) < 4.78 is 37.2. The molecule has 210 valence electrons. The van der Waals surface area contributed by atoms with E-state index < -0.39 is 34.1 Å². The molecule has 0 heterocycles. The number of hydrogen-bond acceptors (Lipinski definition) is 6. The first kappa shape index (κ1) is 31.5. The summed E-state index contributed by atoms with van der Waals surface area (Å²) in [6.45, 7) is 6.59. The Morgan fingerprint density at radius 2 is 1.61 bits per heavy atom. The number of ether oxygens (including phenoxy) is 2. The predicted octanol–water partition coefficient (Wildman–Crippen LogP) is 4.50. The number of sulfonamides is 1. The van der Waals surface area contributed by atoms with Gasteiger partial charge in [-0.25, -0.2) is 8.42 Å². The molecule has 0 unspecified atom stereocenters. The third kappa shape index (κ3) is 8.15.